The lowest BCUT2D eigenvalue weighted by Crippen LogP contribution is -2.42. The summed E-state index contributed by atoms with van der Waals surface area (Å²) < 4.78 is 16.3. The summed E-state index contributed by atoms with van der Waals surface area (Å²) >= 11 is 0. The van der Waals surface area contributed by atoms with Crippen LogP contribution in [0.15, 0.2) is 58.1 Å². The summed E-state index contributed by atoms with van der Waals surface area (Å²) in [4.78, 5) is 26.7. The van der Waals surface area contributed by atoms with Crippen molar-refractivity contribution in [3.63, 3.8) is 0 Å². The number of anilines is 2. The molecule has 6 nitrogen and oxygen atoms in total. The molecule has 0 unspecified atom stereocenters. The average molecular weight is 352 g/mol. The number of hydrogen-bond acceptors (Lipinski definition) is 4. The van der Waals surface area contributed by atoms with E-state index < -0.39 is 16.9 Å². The van der Waals surface area contributed by atoms with Crippen LogP contribution in [-0.4, -0.2) is 20.9 Å². The Balaban J connectivity index is 1.79. The van der Waals surface area contributed by atoms with Gasteiger partial charge in [0.25, 0.3) is 0 Å². The molecule has 0 saturated heterocycles. The Bertz CT molecular complexity index is 1090. The molecule has 0 N–H and O–H groups in total. The van der Waals surface area contributed by atoms with Crippen molar-refractivity contribution < 1.29 is 4.39 Å². The summed E-state index contributed by atoms with van der Waals surface area (Å²) in [5.41, 5.74) is 0.947. The molecule has 0 amide bonds. The van der Waals surface area contributed by atoms with Crippen LogP contribution in [0.5, 0.6) is 0 Å². The number of fused-ring (bicyclic) bond motifs is 1. The Morgan fingerprint density at radius 1 is 1.00 bits per heavy atom. The van der Waals surface area contributed by atoms with E-state index in [-0.39, 0.29) is 6.54 Å². The molecule has 1 aliphatic heterocycles. The maximum absolute atomic E-state index is 13.9. The Labute approximate surface area is 148 Å². The highest BCUT2D eigenvalue weighted by atomic mass is 19.1. The normalized spacial score (nSPS) is 13.1. The standard InChI is InChI=1S/C19H17FN4O2/c1-13-6-8-15(9-7-13)22-10-11-23-17(25)18(26)24(21-19(22)23)12-14-4-2-3-5-16(14)20/h2-9H,10-12H2,1H3. The second-order valence-corrected chi connectivity index (χ2v) is 6.30. The van der Waals surface area contributed by atoms with Crippen LogP contribution in [0.1, 0.15) is 11.1 Å². The molecule has 0 aliphatic carbocycles. The van der Waals surface area contributed by atoms with E-state index in [1.54, 1.807) is 18.2 Å². The summed E-state index contributed by atoms with van der Waals surface area (Å²) in [6.07, 6.45) is 0. The summed E-state index contributed by atoms with van der Waals surface area (Å²) in [6.45, 7) is 2.85. The van der Waals surface area contributed by atoms with Gasteiger partial charge in [-0.25, -0.2) is 9.07 Å². The van der Waals surface area contributed by atoms with E-state index in [2.05, 4.69) is 5.10 Å². The van der Waals surface area contributed by atoms with Gasteiger partial charge in [-0.3, -0.25) is 14.2 Å². The van der Waals surface area contributed by atoms with Gasteiger partial charge in [-0.1, -0.05) is 35.9 Å². The van der Waals surface area contributed by atoms with Gasteiger partial charge in [0.05, 0.1) is 6.54 Å². The second-order valence-electron chi connectivity index (χ2n) is 6.30. The third kappa shape index (κ3) is 2.71. The zero-order chi connectivity index (χ0) is 18.3. The molecule has 0 atom stereocenters. The highest BCUT2D eigenvalue weighted by molar-refractivity contribution is 5.59. The molecule has 132 valence electrons. The van der Waals surface area contributed by atoms with Crippen molar-refractivity contribution in [2.45, 2.75) is 20.0 Å². The minimum absolute atomic E-state index is 0.0870. The van der Waals surface area contributed by atoms with Crippen LogP contribution in [0.4, 0.5) is 16.0 Å². The van der Waals surface area contributed by atoms with Gasteiger partial charge in [-0.15, -0.1) is 5.10 Å². The van der Waals surface area contributed by atoms with Crippen LogP contribution in [0.2, 0.25) is 0 Å². The van der Waals surface area contributed by atoms with E-state index in [0.717, 1.165) is 15.9 Å². The molecule has 3 aromatic rings. The lowest BCUT2D eigenvalue weighted by molar-refractivity contribution is 0.555. The van der Waals surface area contributed by atoms with Crippen molar-refractivity contribution in [3.05, 3.63) is 86.2 Å². The average Bonchev–Trinajstić information content (AvgIpc) is 3.06. The van der Waals surface area contributed by atoms with Crippen molar-refractivity contribution in [2.24, 2.45) is 0 Å². The third-order valence-electron chi connectivity index (χ3n) is 4.53. The fourth-order valence-electron chi connectivity index (χ4n) is 3.09. The van der Waals surface area contributed by atoms with Crippen molar-refractivity contribution in [1.82, 2.24) is 14.3 Å². The van der Waals surface area contributed by atoms with Crippen molar-refractivity contribution in [3.8, 4) is 0 Å². The molecule has 1 aliphatic rings. The summed E-state index contributed by atoms with van der Waals surface area (Å²) in [7, 11) is 0. The first kappa shape index (κ1) is 16.3. The Hall–Kier alpha value is -3.22. The first-order valence-electron chi connectivity index (χ1n) is 8.34. The smallest absolute Gasteiger partial charge is 0.309 e. The number of hydrogen-bond donors (Lipinski definition) is 0. The molecule has 4 rings (SSSR count). The van der Waals surface area contributed by atoms with E-state index >= 15 is 0 Å². The zero-order valence-corrected chi connectivity index (χ0v) is 14.2. The number of aromatic nitrogens is 3. The molecule has 1 aromatic heterocycles. The van der Waals surface area contributed by atoms with E-state index in [1.807, 2.05) is 36.1 Å². The first-order chi connectivity index (χ1) is 12.5. The monoisotopic (exact) mass is 352 g/mol. The third-order valence-corrected chi connectivity index (χ3v) is 4.53. The fraction of sp³-hybridized carbons (Fsp3) is 0.211. The predicted octanol–water partition coefficient (Wildman–Crippen LogP) is 2.05. The van der Waals surface area contributed by atoms with Crippen LogP contribution < -0.4 is 16.0 Å². The van der Waals surface area contributed by atoms with Crippen LogP contribution in [-0.2, 0) is 13.1 Å². The number of nitrogens with zero attached hydrogens (tertiary/aromatic N) is 4. The van der Waals surface area contributed by atoms with Crippen molar-refractivity contribution in [1.29, 1.82) is 0 Å². The van der Waals surface area contributed by atoms with E-state index in [4.69, 9.17) is 0 Å². The predicted molar refractivity (Wildman–Crippen MR) is 96.4 cm³/mol. The molecule has 2 heterocycles. The lowest BCUT2D eigenvalue weighted by Gasteiger charge is -2.18. The highest BCUT2D eigenvalue weighted by Crippen LogP contribution is 2.26. The van der Waals surface area contributed by atoms with Gasteiger partial charge in [0.1, 0.15) is 5.82 Å². The number of aryl methyl sites for hydroxylation is 1. The summed E-state index contributed by atoms with van der Waals surface area (Å²) in [5, 5.41) is 4.36. The summed E-state index contributed by atoms with van der Waals surface area (Å²) in [5.74, 6) is -0.0352. The van der Waals surface area contributed by atoms with E-state index in [0.29, 0.717) is 24.6 Å². The molecule has 0 spiro atoms. The van der Waals surface area contributed by atoms with Crippen molar-refractivity contribution >= 4 is 11.6 Å². The maximum Gasteiger partial charge on any atom is 0.333 e. The SMILES string of the molecule is Cc1ccc(N2CCn3c2nn(Cc2ccccc2F)c(=O)c3=O)cc1. The van der Waals surface area contributed by atoms with Crippen LogP contribution >= 0.6 is 0 Å². The van der Waals surface area contributed by atoms with Gasteiger partial charge in [0.2, 0.25) is 5.95 Å². The molecule has 26 heavy (non-hydrogen) atoms. The van der Waals surface area contributed by atoms with Gasteiger partial charge in [0, 0.05) is 24.3 Å². The minimum Gasteiger partial charge on any atom is -0.309 e. The van der Waals surface area contributed by atoms with Crippen LogP contribution in [0.3, 0.4) is 0 Å². The molecule has 2 aromatic carbocycles. The highest BCUT2D eigenvalue weighted by Gasteiger charge is 2.26. The molecular weight excluding hydrogens is 335 g/mol. The Morgan fingerprint density at radius 2 is 1.73 bits per heavy atom. The topological polar surface area (TPSA) is 60.1 Å². The molecule has 0 radical (unpaired) electrons. The van der Waals surface area contributed by atoms with E-state index in [9.17, 15) is 14.0 Å². The molecule has 0 saturated carbocycles. The fourth-order valence-corrected chi connectivity index (χ4v) is 3.09. The first-order valence-corrected chi connectivity index (χ1v) is 8.34. The Morgan fingerprint density at radius 3 is 2.46 bits per heavy atom. The largest absolute Gasteiger partial charge is 0.333 e. The Kier molecular flexibility index (Phi) is 3.91. The minimum atomic E-state index is -0.747. The number of halogens is 1. The van der Waals surface area contributed by atoms with Gasteiger partial charge in [-0.05, 0) is 25.1 Å². The van der Waals surface area contributed by atoms with Gasteiger partial charge < -0.3 is 4.90 Å². The van der Waals surface area contributed by atoms with Crippen molar-refractivity contribution in [2.75, 3.05) is 11.4 Å². The molecule has 7 heteroatoms. The molecule has 0 fully saturated rings. The number of rotatable bonds is 3. The van der Waals surface area contributed by atoms with Crippen LogP contribution in [0.25, 0.3) is 0 Å². The number of benzene rings is 2. The summed E-state index contributed by atoms with van der Waals surface area (Å²) in [6, 6.07) is 14.0. The zero-order valence-electron chi connectivity index (χ0n) is 14.2. The quantitative estimate of drug-likeness (QED) is 0.677. The maximum atomic E-state index is 13.9. The van der Waals surface area contributed by atoms with E-state index in [1.165, 1.54) is 10.6 Å². The lowest BCUT2D eigenvalue weighted by atomic mass is 10.2. The van der Waals surface area contributed by atoms with Gasteiger partial charge in [-0.2, -0.15) is 0 Å². The molecular formula is C19H17FN4O2. The second kappa shape index (κ2) is 6.25. The van der Waals surface area contributed by atoms with Crippen LogP contribution in [0, 0.1) is 12.7 Å². The van der Waals surface area contributed by atoms with Gasteiger partial charge >= 0.3 is 11.1 Å². The molecule has 0 bridgehead atoms. The van der Waals surface area contributed by atoms with Gasteiger partial charge in [0.15, 0.2) is 0 Å².